The van der Waals surface area contributed by atoms with Crippen LogP contribution in [0.5, 0.6) is 0 Å². The number of unbranched alkanes of at least 4 members (excludes halogenated alkanes) is 1. The van der Waals surface area contributed by atoms with Crippen molar-refractivity contribution in [3.63, 3.8) is 0 Å². The molecule has 10 heteroatoms. The molecule has 0 spiro atoms. The second-order valence-corrected chi connectivity index (χ2v) is 8.03. The van der Waals surface area contributed by atoms with Gasteiger partial charge < -0.3 is 14.8 Å². The first-order valence-corrected chi connectivity index (χ1v) is 10.2. The first-order valence-electron chi connectivity index (χ1n) is 8.75. The number of ether oxygens (including phenoxy) is 1. The molecule has 0 aliphatic carbocycles. The van der Waals surface area contributed by atoms with Crippen LogP contribution in [-0.4, -0.2) is 52.5 Å². The lowest BCUT2D eigenvalue weighted by atomic mass is 10.2. The maximum absolute atomic E-state index is 13.1. The van der Waals surface area contributed by atoms with Gasteiger partial charge in [-0.05, 0) is 25.5 Å². The number of rotatable bonds is 9. The molecule has 0 aliphatic rings. The number of carboxylic acid groups (broad SMARTS) is 1. The SMILES string of the molecule is CCCCOC(=O)N([C@@H](Cc1cnc[nH]1)C(=O)O)S(=O)(=O)c1ccc(C)cc1. The van der Waals surface area contributed by atoms with Gasteiger partial charge in [-0.25, -0.2) is 23.0 Å². The molecular formula is C18H23N3O6S. The third-order valence-corrected chi connectivity index (χ3v) is 5.81. The first-order chi connectivity index (χ1) is 13.3. The second kappa shape index (κ2) is 9.36. The summed E-state index contributed by atoms with van der Waals surface area (Å²) in [4.78, 5) is 30.8. The Bertz CT molecular complexity index is 894. The van der Waals surface area contributed by atoms with E-state index in [0.29, 0.717) is 16.4 Å². The molecule has 0 saturated carbocycles. The normalized spacial score (nSPS) is 12.4. The number of sulfonamides is 1. The molecule has 1 atom stereocenters. The van der Waals surface area contributed by atoms with Crippen LogP contribution in [0.3, 0.4) is 0 Å². The molecule has 152 valence electrons. The van der Waals surface area contributed by atoms with Crippen LogP contribution < -0.4 is 0 Å². The van der Waals surface area contributed by atoms with Crippen LogP contribution in [0.15, 0.2) is 41.7 Å². The minimum atomic E-state index is -4.46. The summed E-state index contributed by atoms with van der Waals surface area (Å²) in [6.45, 7) is 3.66. The van der Waals surface area contributed by atoms with Crippen molar-refractivity contribution < 1.29 is 27.9 Å². The number of carboxylic acids is 1. The van der Waals surface area contributed by atoms with Crippen LogP contribution in [0, 0.1) is 6.92 Å². The van der Waals surface area contributed by atoms with Gasteiger partial charge in [0.15, 0.2) is 6.04 Å². The van der Waals surface area contributed by atoms with Gasteiger partial charge in [-0.1, -0.05) is 31.0 Å². The van der Waals surface area contributed by atoms with E-state index in [1.54, 1.807) is 19.1 Å². The Hall–Kier alpha value is -2.88. The van der Waals surface area contributed by atoms with Crippen molar-refractivity contribution in [3.8, 4) is 0 Å². The fraction of sp³-hybridized carbons (Fsp3) is 0.389. The van der Waals surface area contributed by atoms with E-state index < -0.39 is 28.1 Å². The van der Waals surface area contributed by atoms with E-state index >= 15 is 0 Å². The average Bonchev–Trinajstić information content (AvgIpc) is 3.14. The highest BCUT2D eigenvalue weighted by Crippen LogP contribution is 2.22. The predicted octanol–water partition coefficient (Wildman–Crippen LogP) is 2.34. The van der Waals surface area contributed by atoms with Gasteiger partial charge in [-0.3, -0.25) is 0 Å². The minimum Gasteiger partial charge on any atom is -0.480 e. The number of imidazole rings is 1. The molecule has 1 amide bonds. The van der Waals surface area contributed by atoms with Gasteiger partial charge in [0.2, 0.25) is 0 Å². The van der Waals surface area contributed by atoms with E-state index in [1.807, 2.05) is 6.92 Å². The molecule has 2 aromatic rings. The molecule has 28 heavy (non-hydrogen) atoms. The van der Waals surface area contributed by atoms with Gasteiger partial charge in [0.25, 0.3) is 10.0 Å². The highest BCUT2D eigenvalue weighted by Gasteiger charge is 2.41. The van der Waals surface area contributed by atoms with E-state index in [0.717, 1.165) is 12.0 Å². The molecule has 1 aromatic heterocycles. The third kappa shape index (κ3) is 5.10. The highest BCUT2D eigenvalue weighted by molar-refractivity contribution is 7.89. The standard InChI is InChI=1S/C18H23N3O6S/c1-3-4-9-27-18(24)21(16(17(22)23)10-14-11-19-12-20-14)28(25,26)15-7-5-13(2)6-8-15/h5-8,11-12,16H,3-4,9-10H2,1-2H3,(H,19,20)(H,22,23)/t16-/m0/s1. The van der Waals surface area contributed by atoms with Crippen molar-refractivity contribution in [1.29, 1.82) is 0 Å². The number of hydrogen-bond acceptors (Lipinski definition) is 6. The van der Waals surface area contributed by atoms with Gasteiger partial charge in [-0.15, -0.1) is 0 Å². The Balaban J connectivity index is 2.45. The zero-order chi connectivity index (χ0) is 20.7. The van der Waals surface area contributed by atoms with E-state index in [-0.39, 0.29) is 17.9 Å². The average molecular weight is 409 g/mol. The van der Waals surface area contributed by atoms with Crippen LogP contribution in [0.4, 0.5) is 4.79 Å². The zero-order valence-electron chi connectivity index (χ0n) is 15.7. The summed E-state index contributed by atoms with van der Waals surface area (Å²) in [5, 5.41) is 9.67. The van der Waals surface area contributed by atoms with Crippen molar-refractivity contribution in [2.75, 3.05) is 6.61 Å². The first kappa shape index (κ1) is 21.4. The van der Waals surface area contributed by atoms with Crippen LogP contribution >= 0.6 is 0 Å². The van der Waals surface area contributed by atoms with Gasteiger partial charge in [-0.2, -0.15) is 4.31 Å². The molecule has 2 rings (SSSR count). The Morgan fingerprint density at radius 3 is 2.50 bits per heavy atom. The maximum Gasteiger partial charge on any atom is 0.424 e. The Morgan fingerprint density at radius 1 is 1.29 bits per heavy atom. The highest BCUT2D eigenvalue weighted by atomic mass is 32.2. The van der Waals surface area contributed by atoms with Crippen LogP contribution in [0.25, 0.3) is 0 Å². The summed E-state index contributed by atoms with van der Waals surface area (Å²) in [6, 6.07) is 4.09. The number of carbonyl (C=O) groups excluding carboxylic acids is 1. The molecule has 0 aliphatic heterocycles. The van der Waals surface area contributed by atoms with Crippen molar-refractivity contribution in [3.05, 3.63) is 48.0 Å². The quantitative estimate of drug-likeness (QED) is 0.608. The van der Waals surface area contributed by atoms with E-state index in [2.05, 4.69) is 9.97 Å². The van der Waals surface area contributed by atoms with Crippen LogP contribution in [-0.2, 0) is 26.0 Å². The molecular weight excluding hydrogens is 386 g/mol. The maximum atomic E-state index is 13.1. The third-order valence-electron chi connectivity index (χ3n) is 4.02. The summed E-state index contributed by atoms with van der Waals surface area (Å²) in [5.74, 6) is -1.47. The fourth-order valence-electron chi connectivity index (χ4n) is 2.46. The topological polar surface area (TPSA) is 130 Å². The van der Waals surface area contributed by atoms with Crippen LogP contribution in [0.1, 0.15) is 31.0 Å². The second-order valence-electron chi connectivity index (χ2n) is 6.22. The van der Waals surface area contributed by atoms with Gasteiger partial charge in [0.1, 0.15) is 0 Å². The Labute approximate surface area is 163 Å². The van der Waals surface area contributed by atoms with Crippen molar-refractivity contribution in [2.24, 2.45) is 0 Å². The fourth-order valence-corrected chi connectivity index (χ4v) is 3.92. The lowest BCUT2D eigenvalue weighted by Gasteiger charge is -2.27. The lowest BCUT2D eigenvalue weighted by Crippen LogP contribution is -2.50. The number of amides is 1. The molecule has 1 heterocycles. The number of carbonyl (C=O) groups is 2. The molecule has 0 radical (unpaired) electrons. The number of aromatic amines is 1. The number of hydrogen-bond donors (Lipinski definition) is 2. The van der Waals surface area contributed by atoms with Crippen LogP contribution in [0.2, 0.25) is 0 Å². The number of aryl methyl sites for hydroxylation is 1. The number of benzene rings is 1. The van der Waals surface area contributed by atoms with Crippen molar-refractivity contribution in [1.82, 2.24) is 14.3 Å². The van der Waals surface area contributed by atoms with Crippen molar-refractivity contribution >= 4 is 22.1 Å². The number of aliphatic carboxylic acids is 1. The Morgan fingerprint density at radius 2 is 1.96 bits per heavy atom. The largest absolute Gasteiger partial charge is 0.480 e. The molecule has 2 N–H and O–H groups in total. The van der Waals surface area contributed by atoms with Crippen molar-refractivity contribution in [2.45, 2.75) is 44.0 Å². The van der Waals surface area contributed by atoms with E-state index in [4.69, 9.17) is 4.74 Å². The number of H-pyrrole nitrogens is 1. The van der Waals surface area contributed by atoms with E-state index in [9.17, 15) is 23.1 Å². The number of nitrogens with one attached hydrogen (secondary N) is 1. The van der Waals surface area contributed by atoms with E-state index in [1.165, 1.54) is 24.7 Å². The smallest absolute Gasteiger partial charge is 0.424 e. The lowest BCUT2D eigenvalue weighted by molar-refractivity contribution is -0.141. The number of aromatic nitrogens is 2. The minimum absolute atomic E-state index is 0.00829. The number of nitrogens with zero attached hydrogens (tertiary/aromatic N) is 2. The molecule has 0 fully saturated rings. The van der Waals surface area contributed by atoms with Gasteiger partial charge in [0, 0.05) is 18.3 Å². The molecule has 0 saturated heterocycles. The molecule has 1 aromatic carbocycles. The molecule has 9 nitrogen and oxygen atoms in total. The molecule has 0 bridgehead atoms. The molecule has 0 unspecified atom stereocenters. The zero-order valence-corrected chi connectivity index (χ0v) is 16.5. The monoisotopic (exact) mass is 409 g/mol. The summed E-state index contributed by atoms with van der Waals surface area (Å²) < 4.78 is 31.6. The predicted molar refractivity (Wildman–Crippen MR) is 100 cm³/mol. The van der Waals surface area contributed by atoms with Gasteiger partial charge >= 0.3 is 12.1 Å². The summed E-state index contributed by atoms with van der Waals surface area (Å²) in [5.41, 5.74) is 1.20. The van der Waals surface area contributed by atoms with Gasteiger partial charge in [0.05, 0.1) is 17.8 Å². The summed E-state index contributed by atoms with van der Waals surface area (Å²) in [6.07, 6.45) is 2.47. The summed E-state index contributed by atoms with van der Waals surface area (Å²) in [7, 11) is -4.46. The Kier molecular flexibility index (Phi) is 7.16. The summed E-state index contributed by atoms with van der Waals surface area (Å²) >= 11 is 0.